The molecule has 1 fully saturated rings. The lowest BCUT2D eigenvalue weighted by molar-refractivity contribution is -0.121. The van der Waals surface area contributed by atoms with Gasteiger partial charge in [-0.2, -0.15) is 0 Å². The molecule has 0 bridgehead atoms. The minimum Gasteiger partial charge on any atom is -0.353 e. The van der Waals surface area contributed by atoms with Crippen molar-refractivity contribution >= 4 is 23.2 Å². The summed E-state index contributed by atoms with van der Waals surface area (Å²) < 4.78 is 0. The fourth-order valence-electron chi connectivity index (χ4n) is 2.57. The number of carbonyl (C=O) groups is 2. The maximum Gasteiger partial charge on any atom is 0.261 e. The first-order valence-electron chi connectivity index (χ1n) is 7.02. The highest BCUT2D eigenvalue weighted by Gasteiger charge is 2.27. The van der Waals surface area contributed by atoms with Crippen LogP contribution in [0.1, 0.15) is 35.4 Å². The Morgan fingerprint density at radius 3 is 2.95 bits per heavy atom. The normalized spacial score (nSPS) is 21.6. The van der Waals surface area contributed by atoms with Crippen molar-refractivity contribution in [1.29, 1.82) is 0 Å². The van der Waals surface area contributed by atoms with E-state index in [4.69, 9.17) is 5.73 Å². The van der Waals surface area contributed by atoms with Crippen molar-refractivity contribution in [2.75, 3.05) is 13.1 Å². The molecule has 0 spiro atoms. The number of amides is 2. The number of hydrogen-bond acceptors (Lipinski definition) is 4. The Morgan fingerprint density at radius 2 is 2.25 bits per heavy atom. The van der Waals surface area contributed by atoms with Crippen molar-refractivity contribution < 1.29 is 9.59 Å². The van der Waals surface area contributed by atoms with E-state index in [1.807, 2.05) is 11.4 Å². The van der Waals surface area contributed by atoms with E-state index >= 15 is 0 Å². The fourth-order valence-corrected chi connectivity index (χ4v) is 3.21. The van der Waals surface area contributed by atoms with Crippen LogP contribution in [0.15, 0.2) is 17.5 Å². The maximum absolute atomic E-state index is 11.8. The highest BCUT2D eigenvalue weighted by molar-refractivity contribution is 7.12. The fraction of sp³-hybridized carbons (Fsp3) is 0.571. The van der Waals surface area contributed by atoms with Crippen molar-refractivity contribution in [3.8, 4) is 0 Å². The molecule has 1 saturated carbocycles. The third-order valence-electron chi connectivity index (χ3n) is 3.69. The Kier molecular flexibility index (Phi) is 5.55. The molecular weight excluding hydrogens is 274 g/mol. The van der Waals surface area contributed by atoms with Gasteiger partial charge in [0.25, 0.3) is 5.91 Å². The number of hydrogen-bond donors (Lipinski definition) is 3. The number of rotatable bonds is 6. The zero-order valence-corrected chi connectivity index (χ0v) is 12.2. The smallest absolute Gasteiger partial charge is 0.261 e. The lowest BCUT2D eigenvalue weighted by atomic mass is 10.0. The largest absolute Gasteiger partial charge is 0.353 e. The molecule has 2 rings (SSSR count). The summed E-state index contributed by atoms with van der Waals surface area (Å²) in [6, 6.07) is 3.81. The van der Waals surface area contributed by atoms with Gasteiger partial charge >= 0.3 is 0 Å². The molecule has 1 aromatic heterocycles. The molecule has 6 heteroatoms. The zero-order chi connectivity index (χ0) is 14.4. The van der Waals surface area contributed by atoms with Gasteiger partial charge in [0, 0.05) is 19.0 Å². The first-order chi connectivity index (χ1) is 9.70. The number of carbonyl (C=O) groups excluding carboxylic acids is 2. The van der Waals surface area contributed by atoms with E-state index in [2.05, 4.69) is 10.6 Å². The molecule has 20 heavy (non-hydrogen) atoms. The third-order valence-corrected chi connectivity index (χ3v) is 4.56. The molecule has 1 aliphatic carbocycles. The summed E-state index contributed by atoms with van der Waals surface area (Å²) in [5, 5.41) is 7.63. The van der Waals surface area contributed by atoms with Gasteiger partial charge in [-0.3, -0.25) is 9.59 Å². The van der Waals surface area contributed by atoms with E-state index in [1.54, 1.807) is 6.07 Å². The molecule has 110 valence electrons. The molecule has 0 saturated heterocycles. The van der Waals surface area contributed by atoms with Gasteiger partial charge < -0.3 is 16.4 Å². The van der Waals surface area contributed by atoms with Crippen LogP contribution in [0.4, 0.5) is 0 Å². The van der Waals surface area contributed by atoms with Crippen molar-refractivity contribution in [1.82, 2.24) is 10.6 Å². The summed E-state index contributed by atoms with van der Waals surface area (Å²) >= 11 is 1.39. The number of nitrogens with one attached hydrogen (secondary N) is 2. The quantitative estimate of drug-likeness (QED) is 0.735. The molecule has 1 heterocycles. The predicted octanol–water partition coefficient (Wildman–Crippen LogP) is 1.11. The summed E-state index contributed by atoms with van der Waals surface area (Å²) in [7, 11) is 0. The standard InChI is InChI=1S/C14H21N3O2S/c15-9-10-3-1-4-11(10)17-13(18)6-7-16-14(19)12-5-2-8-20-12/h2,5,8,10-11H,1,3-4,6-7,9,15H2,(H,16,19)(H,17,18). The Balaban J connectivity index is 1.66. The summed E-state index contributed by atoms with van der Waals surface area (Å²) in [5.41, 5.74) is 5.69. The van der Waals surface area contributed by atoms with Crippen LogP contribution in [-0.4, -0.2) is 30.9 Å². The van der Waals surface area contributed by atoms with E-state index in [1.165, 1.54) is 11.3 Å². The first kappa shape index (κ1) is 15.0. The second-order valence-corrected chi connectivity index (χ2v) is 6.03. The van der Waals surface area contributed by atoms with Crippen LogP contribution in [0, 0.1) is 5.92 Å². The Morgan fingerprint density at radius 1 is 1.40 bits per heavy atom. The summed E-state index contributed by atoms with van der Waals surface area (Å²) in [4.78, 5) is 24.2. The Hall–Kier alpha value is -1.40. The molecule has 2 unspecified atom stereocenters. The second-order valence-electron chi connectivity index (χ2n) is 5.08. The van der Waals surface area contributed by atoms with Crippen molar-refractivity contribution in [2.24, 2.45) is 11.7 Å². The molecule has 4 N–H and O–H groups in total. The molecular formula is C14H21N3O2S. The molecule has 2 atom stereocenters. The average Bonchev–Trinajstić information content (AvgIpc) is 3.09. The first-order valence-corrected chi connectivity index (χ1v) is 7.90. The van der Waals surface area contributed by atoms with Gasteiger partial charge in [-0.15, -0.1) is 11.3 Å². The van der Waals surface area contributed by atoms with E-state index < -0.39 is 0 Å². The van der Waals surface area contributed by atoms with Crippen molar-refractivity contribution in [3.63, 3.8) is 0 Å². The van der Waals surface area contributed by atoms with Crippen LogP contribution < -0.4 is 16.4 Å². The van der Waals surface area contributed by atoms with Crippen LogP contribution in [0.2, 0.25) is 0 Å². The molecule has 0 aromatic carbocycles. The summed E-state index contributed by atoms with van der Waals surface area (Å²) in [6.07, 6.45) is 3.54. The van der Waals surface area contributed by atoms with Crippen LogP contribution in [0.3, 0.4) is 0 Å². The van der Waals surface area contributed by atoms with Gasteiger partial charge in [0.1, 0.15) is 0 Å². The number of nitrogens with two attached hydrogens (primary N) is 1. The summed E-state index contributed by atoms with van der Waals surface area (Å²) in [5.74, 6) is 0.273. The van der Waals surface area contributed by atoms with Crippen LogP contribution in [0.5, 0.6) is 0 Å². The van der Waals surface area contributed by atoms with Gasteiger partial charge in [0.05, 0.1) is 4.88 Å². The van der Waals surface area contributed by atoms with Gasteiger partial charge in [-0.25, -0.2) is 0 Å². The number of thiophene rings is 1. The summed E-state index contributed by atoms with van der Waals surface area (Å²) in [6.45, 7) is 0.989. The van der Waals surface area contributed by atoms with Gasteiger partial charge in [-0.05, 0) is 36.8 Å². The van der Waals surface area contributed by atoms with Gasteiger partial charge in [0.2, 0.25) is 5.91 Å². The second kappa shape index (κ2) is 7.40. The van der Waals surface area contributed by atoms with Crippen LogP contribution in [0.25, 0.3) is 0 Å². The molecule has 0 aliphatic heterocycles. The lowest BCUT2D eigenvalue weighted by Gasteiger charge is -2.19. The molecule has 0 radical (unpaired) electrons. The Bertz CT molecular complexity index is 447. The molecule has 2 amide bonds. The van der Waals surface area contributed by atoms with Crippen molar-refractivity contribution in [2.45, 2.75) is 31.7 Å². The monoisotopic (exact) mass is 295 g/mol. The topological polar surface area (TPSA) is 84.2 Å². The van der Waals surface area contributed by atoms with E-state index in [-0.39, 0.29) is 17.9 Å². The molecule has 1 aromatic rings. The highest BCUT2D eigenvalue weighted by atomic mass is 32.1. The van der Waals surface area contributed by atoms with Gasteiger partial charge in [0.15, 0.2) is 0 Å². The minimum absolute atomic E-state index is 0.0122. The lowest BCUT2D eigenvalue weighted by Crippen LogP contribution is -2.41. The van der Waals surface area contributed by atoms with Crippen LogP contribution >= 0.6 is 11.3 Å². The predicted molar refractivity (Wildman–Crippen MR) is 79.6 cm³/mol. The molecule has 1 aliphatic rings. The zero-order valence-electron chi connectivity index (χ0n) is 11.4. The highest BCUT2D eigenvalue weighted by Crippen LogP contribution is 2.24. The van der Waals surface area contributed by atoms with E-state index in [0.717, 1.165) is 19.3 Å². The average molecular weight is 295 g/mol. The SMILES string of the molecule is NCC1CCCC1NC(=O)CCNC(=O)c1cccs1. The molecule has 5 nitrogen and oxygen atoms in total. The third kappa shape index (κ3) is 4.05. The van der Waals surface area contributed by atoms with E-state index in [0.29, 0.717) is 30.3 Å². The Labute approximate surface area is 122 Å². The van der Waals surface area contributed by atoms with Gasteiger partial charge in [-0.1, -0.05) is 12.5 Å². The van der Waals surface area contributed by atoms with E-state index in [9.17, 15) is 9.59 Å². The van der Waals surface area contributed by atoms with Crippen molar-refractivity contribution in [3.05, 3.63) is 22.4 Å². The minimum atomic E-state index is -0.117. The van der Waals surface area contributed by atoms with Crippen LogP contribution in [-0.2, 0) is 4.79 Å². The maximum atomic E-state index is 11.8.